The Morgan fingerprint density at radius 1 is 0.923 bits per heavy atom. The van der Waals surface area contributed by atoms with Gasteiger partial charge in [0.1, 0.15) is 0 Å². The molecule has 0 radical (unpaired) electrons. The maximum absolute atomic E-state index is 12.4. The molecule has 3 N–H and O–H groups in total. The molecule has 1 saturated carbocycles. The lowest BCUT2D eigenvalue weighted by atomic mass is 9.78. The van der Waals surface area contributed by atoms with Gasteiger partial charge in [-0.05, 0) is 49.2 Å². The van der Waals surface area contributed by atoms with E-state index >= 15 is 0 Å². The highest BCUT2D eigenvalue weighted by Crippen LogP contribution is 2.31. The molecule has 26 heavy (non-hydrogen) atoms. The fraction of sp³-hybridized carbons (Fsp3) is 0.316. The highest BCUT2D eigenvalue weighted by molar-refractivity contribution is 6.02. The number of hydrogen-bond acceptors (Lipinski definition) is 4. The van der Waals surface area contributed by atoms with Crippen molar-refractivity contribution in [2.24, 2.45) is 11.8 Å². The summed E-state index contributed by atoms with van der Waals surface area (Å²) >= 11 is 0. The van der Waals surface area contributed by atoms with Gasteiger partial charge in [0.2, 0.25) is 5.91 Å². The first-order valence-corrected chi connectivity index (χ1v) is 8.53. The highest BCUT2D eigenvalue weighted by Gasteiger charge is 2.35. The Bertz CT molecular complexity index is 783. The van der Waals surface area contributed by atoms with Gasteiger partial charge >= 0.3 is 5.97 Å². The molecular formula is C19H20N2O5. The second-order valence-electron chi connectivity index (χ2n) is 6.33. The number of carbonyl (C=O) groups is 3. The SMILES string of the molecule is O=C(Nc1ccc(NC(=O)C2CCCCC2C(=O)O)cc1)c1ccco1. The summed E-state index contributed by atoms with van der Waals surface area (Å²) in [5.74, 6) is -2.49. The third kappa shape index (κ3) is 4.11. The fourth-order valence-electron chi connectivity index (χ4n) is 3.21. The Kier molecular flexibility index (Phi) is 5.36. The van der Waals surface area contributed by atoms with E-state index < -0.39 is 17.8 Å². The number of aliphatic carboxylic acids is 1. The molecule has 1 aliphatic rings. The molecule has 0 saturated heterocycles. The Labute approximate surface area is 150 Å². The predicted molar refractivity (Wildman–Crippen MR) is 94.8 cm³/mol. The van der Waals surface area contributed by atoms with Crippen molar-refractivity contribution in [3.63, 3.8) is 0 Å². The second kappa shape index (κ2) is 7.86. The third-order valence-corrected chi connectivity index (χ3v) is 4.58. The molecule has 0 aliphatic heterocycles. The molecule has 7 heteroatoms. The average molecular weight is 356 g/mol. The Balaban J connectivity index is 1.60. The van der Waals surface area contributed by atoms with Gasteiger partial charge in [-0.25, -0.2) is 0 Å². The zero-order valence-electron chi connectivity index (χ0n) is 14.1. The maximum atomic E-state index is 12.4. The zero-order chi connectivity index (χ0) is 18.5. The number of carboxylic acid groups (broad SMARTS) is 1. The molecule has 2 amide bonds. The molecule has 3 rings (SSSR count). The molecule has 2 aromatic rings. The number of rotatable bonds is 5. The van der Waals surface area contributed by atoms with E-state index in [-0.39, 0.29) is 17.6 Å². The molecule has 2 unspecified atom stereocenters. The van der Waals surface area contributed by atoms with E-state index in [0.717, 1.165) is 12.8 Å². The van der Waals surface area contributed by atoms with Gasteiger partial charge < -0.3 is 20.2 Å². The van der Waals surface area contributed by atoms with Gasteiger partial charge in [0.05, 0.1) is 18.1 Å². The molecule has 1 aliphatic carbocycles. The summed E-state index contributed by atoms with van der Waals surface area (Å²) in [6.45, 7) is 0. The number of benzene rings is 1. The lowest BCUT2D eigenvalue weighted by Gasteiger charge is -2.27. The van der Waals surface area contributed by atoms with Crippen molar-refractivity contribution in [2.45, 2.75) is 25.7 Å². The lowest BCUT2D eigenvalue weighted by molar-refractivity contribution is -0.147. The molecule has 0 spiro atoms. The van der Waals surface area contributed by atoms with Crippen molar-refractivity contribution in [1.82, 2.24) is 0 Å². The van der Waals surface area contributed by atoms with Crippen molar-refractivity contribution in [1.29, 1.82) is 0 Å². The van der Waals surface area contributed by atoms with Gasteiger partial charge in [0, 0.05) is 11.4 Å². The first kappa shape index (κ1) is 17.7. The highest BCUT2D eigenvalue weighted by atomic mass is 16.4. The number of nitrogens with one attached hydrogen (secondary N) is 2. The van der Waals surface area contributed by atoms with Crippen molar-refractivity contribution < 1.29 is 23.9 Å². The topological polar surface area (TPSA) is 109 Å². The van der Waals surface area contributed by atoms with E-state index in [0.29, 0.717) is 24.2 Å². The zero-order valence-corrected chi connectivity index (χ0v) is 14.1. The quantitative estimate of drug-likeness (QED) is 0.761. The smallest absolute Gasteiger partial charge is 0.307 e. The molecule has 7 nitrogen and oxygen atoms in total. The van der Waals surface area contributed by atoms with Crippen LogP contribution in [-0.2, 0) is 9.59 Å². The van der Waals surface area contributed by atoms with Crippen LogP contribution < -0.4 is 10.6 Å². The number of carboxylic acids is 1. The normalized spacial score (nSPS) is 19.5. The predicted octanol–water partition coefficient (Wildman–Crippen LogP) is 3.36. The average Bonchev–Trinajstić information content (AvgIpc) is 3.18. The van der Waals surface area contributed by atoms with Crippen LogP contribution in [-0.4, -0.2) is 22.9 Å². The van der Waals surface area contributed by atoms with Crippen LogP contribution >= 0.6 is 0 Å². The van der Waals surface area contributed by atoms with Crippen LogP contribution in [0.4, 0.5) is 11.4 Å². The van der Waals surface area contributed by atoms with Crippen LogP contribution in [0.2, 0.25) is 0 Å². The number of anilines is 2. The minimum atomic E-state index is -0.916. The third-order valence-electron chi connectivity index (χ3n) is 4.58. The summed E-state index contributed by atoms with van der Waals surface area (Å²) in [5, 5.41) is 14.8. The fourth-order valence-corrected chi connectivity index (χ4v) is 3.21. The van der Waals surface area contributed by atoms with Crippen molar-refractivity contribution in [3.05, 3.63) is 48.4 Å². The van der Waals surface area contributed by atoms with Gasteiger partial charge in [0.25, 0.3) is 5.91 Å². The minimum Gasteiger partial charge on any atom is -0.481 e. The largest absolute Gasteiger partial charge is 0.481 e. The van der Waals surface area contributed by atoms with Crippen LogP contribution in [0, 0.1) is 11.8 Å². The van der Waals surface area contributed by atoms with E-state index in [4.69, 9.17) is 4.42 Å². The number of furan rings is 1. The summed E-state index contributed by atoms with van der Waals surface area (Å²) in [7, 11) is 0. The number of amides is 2. The van der Waals surface area contributed by atoms with Gasteiger partial charge in [-0.15, -0.1) is 0 Å². The van der Waals surface area contributed by atoms with Gasteiger partial charge in [-0.1, -0.05) is 12.8 Å². The molecule has 1 aromatic heterocycles. The first-order chi connectivity index (χ1) is 12.5. The molecule has 1 fully saturated rings. The Morgan fingerprint density at radius 3 is 2.12 bits per heavy atom. The standard InChI is InChI=1S/C19H20N2O5/c22-17(14-4-1-2-5-15(14)19(24)25)20-12-7-9-13(10-8-12)21-18(23)16-6-3-11-26-16/h3,6-11,14-15H,1-2,4-5H2,(H,20,22)(H,21,23)(H,24,25). The number of carbonyl (C=O) groups excluding carboxylic acids is 2. The van der Waals surface area contributed by atoms with E-state index in [1.807, 2.05) is 0 Å². The van der Waals surface area contributed by atoms with E-state index in [2.05, 4.69) is 10.6 Å². The van der Waals surface area contributed by atoms with E-state index in [1.165, 1.54) is 6.26 Å². The van der Waals surface area contributed by atoms with Crippen molar-refractivity contribution in [3.8, 4) is 0 Å². The summed E-state index contributed by atoms with van der Waals surface area (Å²) in [4.78, 5) is 35.7. The van der Waals surface area contributed by atoms with Crippen molar-refractivity contribution in [2.75, 3.05) is 10.6 Å². The van der Waals surface area contributed by atoms with Crippen LogP contribution in [0.1, 0.15) is 36.2 Å². The summed E-state index contributed by atoms with van der Waals surface area (Å²) < 4.78 is 5.02. The van der Waals surface area contributed by atoms with Gasteiger partial charge in [-0.3, -0.25) is 14.4 Å². The molecule has 1 heterocycles. The minimum absolute atomic E-state index is 0.208. The lowest BCUT2D eigenvalue weighted by Crippen LogP contribution is -2.36. The van der Waals surface area contributed by atoms with Crippen LogP contribution in [0.25, 0.3) is 0 Å². The first-order valence-electron chi connectivity index (χ1n) is 8.53. The molecule has 2 atom stereocenters. The summed E-state index contributed by atoms with van der Waals surface area (Å²) in [6, 6.07) is 9.83. The molecular weight excluding hydrogens is 336 g/mol. The van der Waals surface area contributed by atoms with Gasteiger partial charge in [0.15, 0.2) is 5.76 Å². The van der Waals surface area contributed by atoms with Crippen LogP contribution in [0.3, 0.4) is 0 Å². The van der Waals surface area contributed by atoms with Crippen LogP contribution in [0.5, 0.6) is 0 Å². The second-order valence-corrected chi connectivity index (χ2v) is 6.33. The Morgan fingerprint density at radius 2 is 1.54 bits per heavy atom. The monoisotopic (exact) mass is 356 g/mol. The van der Waals surface area contributed by atoms with E-state index in [1.54, 1.807) is 36.4 Å². The van der Waals surface area contributed by atoms with Crippen molar-refractivity contribution >= 4 is 29.2 Å². The number of hydrogen-bond donors (Lipinski definition) is 3. The van der Waals surface area contributed by atoms with Crippen LogP contribution in [0.15, 0.2) is 47.1 Å². The Hall–Kier alpha value is -3.09. The molecule has 1 aromatic carbocycles. The summed E-state index contributed by atoms with van der Waals surface area (Å²) in [6.07, 6.45) is 4.23. The maximum Gasteiger partial charge on any atom is 0.307 e. The summed E-state index contributed by atoms with van der Waals surface area (Å²) in [5.41, 5.74) is 1.12. The molecule has 136 valence electrons. The van der Waals surface area contributed by atoms with Gasteiger partial charge in [-0.2, -0.15) is 0 Å². The van der Waals surface area contributed by atoms with E-state index in [9.17, 15) is 19.5 Å². The molecule has 0 bridgehead atoms.